The van der Waals surface area contributed by atoms with Gasteiger partial charge in [-0.15, -0.1) is 11.3 Å². The third kappa shape index (κ3) is 1.50. The van der Waals surface area contributed by atoms with Crippen molar-refractivity contribution in [1.29, 1.82) is 0 Å². The van der Waals surface area contributed by atoms with Gasteiger partial charge in [0.1, 0.15) is 0 Å². The number of fused-ring (bicyclic) bond motifs is 1. The maximum Gasteiger partial charge on any atom is 0.416 e. The second-order valence-corrected chi connectivity index (χ2v) is 3.89. The predicted octanol–water partition coefficient (Wildman–Crippen LogP) is 4.03. The average molecular weight is 215 g/mol. The van der Waals surface area contributed by atoms with E-state index in [1.54, 1.807) is 0 Å². The van der Waals surface area contributed by atoms with Crippen LogP contribution < -0.4 is 0 Å². The molecule has 0 unspecified atom stereocenters. The molecule has 0 aliphatic carbocycles. The summed E-state index contributed by atoms with van der Waals surface area (Å²) in [5, 5.41) is 3.78. The molecule has 14 heavy (non-hydrogen) atoms. The summed E-state index contributed by atoms with van der Waals surface area (Å²) < 4.78 is 37.6. The summed E-state index contributed by atoms with van der Waals surface area (Å²) in [6.45, 7) is 1.84. The zero-order chi connectivity index (χ0) is 10.3. The van der Waals surface area contributed by atoms with Gasteiger partial charge in [-0.1, -0.05) is 6.07 Å². The van der Waals surface area contributed by atoms with Crippen molar-refractivity contribution in [3.63, 3.8) is 0 Å². The Morgan fingerprint density at radius 1 is 1.29 bits per heavy atom. The molecule has 73 valence electrons. The van der Waals surface area contributed by atoms with Crippen molar-refractivity contribution < 1.29 is 13.2 Å². The molecule has 0 N–H and O–H groups in total. The van der Waals surface area contributed by atoms with Gasteiger partial charge in [-0.2, -0.15) is 13.2 Å². The van der Waals surface area contributed by atoms with Crippen molar-refractivity contribution in [2.45, 2.75) is 13.1 Å². The van der Waals surface area contributed by atoms with Crippen molar-refractivity contribution in [3.05, 3.63) is 34.7 Å². The van der Waals surface area contributed by atoms with Crippen molar-refractivity contribution in [3.8, 4) is 0 Å². The number of hydrogen-bond acceptors (Lipinski definition) is 1. The highest BCUT2D eigenvalue weighted by molar-refractivity contribution is 7.16. The van der Waals surface area contributed by atoms with E-state index in [-0.39, 0.29) is 0 Å². The summed E-state index contributed by atoms with van der Waals surface area (Å²) in [6, 6.07) is 3.78. The Morgan fingerprint density at radius 3 is 2.64 bits per heavy atom. The van der Waals surface area contributed by atoms with Crippen LogP contribution in [0.4, 0.5) is 13.2 Å². The summed E-state index contributed by atoms with van der Waals surface area (Å²) in [7, 11) is 0. The smallest absolute Gasteiger partial charge is 0.166 e. The molecule has 0 spiro atoms. The van der Waals surface area contributed by atoms with Crippen LogP contribution in [0.3, 0.4) is 0 Å². The lowest BCUT2D eigenvalue weighted by molar-refractivity contribution is -0.137. The molecule has 0 aliphatic heterocycles. The first-order valence-corrected chi connectivity index (χ1v) is 4.78. The summed E-state index contributed by atoms with van der Waals surface area (Å²) >= 11 is 1.22. The van der Waals surface area contributed by atoms with E-state index in [2.05, 4.69) is 5.38 Å². The number of benzene rings is 1. The van der Waals surface area contributed by atoms with Gasteiger partial charge in [0.25, 0.3) is 0 Å². The molecule has 0 atom stereocenters. The minimum absolute atomic E-state index is 0.597. The van der Waals surface area contributed by atoms with Crippen molar-refractivity contribution in [2.75, 3.05) is 0 Å². The molecule has 0 amide bonds. The fraction of sp³-hybridized carbons (Fsp3) is 0.200. The van der Waals surface area contributed by atoms with Crippen LogP contribution >= 0.6 is 11.3 Å². The monoisotopic (exact) mass is 215 g/mol. The van der Waals surface area contributed by atoms with Gasteiger partial charge in [0.2, 0.25) is 0 Å². The molecule has 2 aromatic rings. The third-order valence-electron chi connectivity index (χ3n) is 2.03. The Labute approximate surface area is 83.0 Å². The van der Waals surface area contributed by atoms with Gasteiger partial charge in [0, 0.05) is 10.1 Å². The van der Waals surface area contributed by atoms with Crippen LogP contribution in [0.25, 0.3) is 10.1 Å². The molecule has 0 aliphatic rings. The van der Waals surface area contributed by atoms with E-state index in [1.165, 1.54) is 23.5 Å². The fourth-order valence-electron chi connectivity index (χ4n) is 1.28. The average Bonchev–Trinajstić information content (AvgIpc) is 2.46. The van der Waals surface area contributed by atoms with E-state index in [9.17, 15) is 13.2 Å². The Hall–Kier alpha value is -1.03. The lowest BCUT2D eigenvalue weighted by Crippen LogP contribution is -2.03. The van der Waals surface area contributed by atoms with E-state index in [0.29, 0.717) is 4.70 Å². The molecule has 0 saturated heterocycles. The first-order chi connectivity index (χ1) is 6.48. The van der Waals surface area contributed by atoms with E-state index < -0.39 is 11.7 Å². The summed E-state index contributed by atoms with van der Waals surface area (Å²) in [5.41, 5.74) is 0.305. The standard InChI is InChI=1S/C10H6F3S/c1-6-5-14-9-4-7(10(11,12)13)2-3-8(6)9/h2-4H,1H3. The predicted molar refractivity (Wildman–Crippen MR) is 50.4 cm³/mol. The van der Waals surface area contributed by atoms with Gasteiger partial charge < -0.3 is 0 Å². The summed E-state index contributed by atoms with van der Waals surface area (Å²) in [6.07, 6.45) is -4.26. The van der Waals surface area contributed by atoms with Crippen LogP contribution in [0.1, 0.15) is 11.1 Å². The van der Waals surface area contributed by atoms with Gasteiger partial charge in [-0.05, 0) is 30.0 Å². The number of hydrogen-bond donors (Lipinski definition) is 0. The van der Waals surface area contributed by atoms with Gasteiger partial charge in [0.15, 0.2) is 0 Å². The van der Waals surface area contributed by atoms with E-state index >= 15 is 0 Å². The molecular weight excluding hydrogens is 209 g/mol. The zero-order valence-corrected chi connectivity index (χ0v) is 8.09. The highest BCUT2D eigenvalue weighted by atomic mass is 32.1. The van der Waals surface area contributed by atoms with Crippen LogP contribution in [0.15, 0.2) is 18.2 Å². The SMILES string of the molecule is Cc1[c]sc2cc(C(F)(F)F)ccc12. The topological polar surface area (TPSA) is 0 Å². The van der Waals surface area contributed by atoms with Gasteiger partial charge in [-0.25, -0.2) is 0 Å². The number of thiophene rings is 1. The number of rotatable bonds is 0. The number of alkyl halides is 3. The zero-order valence-electron chi connectivity index (χ0n) is 7.27. The molecule has 0 fully saturated rings. The van der Waals surface area contributed by atoms with Crippen molar-refractivity contribution >= 4 is 21.4 Å². The lowest BCUT2D eigenvalue weighted by atomic mass is 10.1. The fourth-order valence-corrected chi connectivity index (χ4v) is 2.17. The summed E-state index contributed by atoms with van der Waals surface area (Å²) in [5.74, 6) is 0. The Bertz CT molecular complexity index is 468. The molecule has 0 bridgehead atoms. The maximum atomic E-state index is 12.3. The molecular formula is C10H6F3S. The molecule has 1 heterocycles. The Morgan fingerprint density at radius 2 is 2.00 bits per heavy atom. The van der Waals surface area contributed by atoms with Gasteiger partial charge >= 0.3 is 6.18 Å². The first-order valence-electron chi connectivity index (χ1n) is 3.96. The molecule has 1 radical (unpaired) electrons. The van der Waals surface area contributed by atoms with E-state index in [0.717, 1.165) is 17.0 Å². The van der Waals surface area contributed by atoms with Gasteiger partial charge in [0.05, 0.1) is 5.56 Å². The second kappa shape index (κ2) is 2.98. The first kappa shape index (κ1) is 9.52. The highest BCUT2D eigenvalue weighted by Gasteiger charge is 2.30. The van der Waals surface area contributed by atoms with E-state index in [1.807, 2.05) is 6.92 Å². The summed E-state index contributed by atoms with van der Waals surface area (Å²) in [4.78, 5) is 0. The normalized spacial score (nSPS) is 12.3. The second-order valence-electron chi connectivity index (χ2n) is 3.04. The van der Waals surface area contributed by atoms with Crippen LogP contribution in [0.2, 0.25) is 0 Å². The minimum Gasteiger partial charge on any atom is -0.166 e. The number of aryl methyl sites for hydroxylation is 1. The molecule has 0 nitrogen and oxygen atoms in total. The lowest BCUT2D eigenvalue weighted by Gasteiger charge is -2.05. The van der Waals surface area contributed by atoms with Crippen LogP contribution in [-0.4, -0.2) is 0 Å². The maximum absolute atomic E-state index is 12.3. The van der Waals surface area contributed by atoms with Crippen LogP contribution in [-0.2, 0) is 6.18 Å². The molecule has 0 saturated carbocycles. The number of halogens is 3. The van der Waals surface area contributed by atoms with Crippen LogP contribution in [0, 0.1) is 12.3 Å². The molecule has 1 aromatic carbocycles. The van der Waals surface area contributed by atoms with Crippen LogP contribution in [0.5, 0.6) is 0 Å². The van der Waals surface area contributed by atoms with E-state index in [4.69, 9.17) is 0 Å². The Balaban J connectivity index is 2.63. The molecule has 2 rings (SSSR count). The Kier molecular flexibility index (Phi) is 2.03. The van der Waals surface area contributed by atoms with Crippen molar-refractivity contribution in [2.24, 2.45) is 0 Å². The molecule has 1 aromatic heterocycles. The quantitative estimate of drug-likeness (QED) is 0.622. The minimum atomic E-state index is -4.26. The third-order valence-corrected chi connectivity index (χ3v) is 2.99. The largest absolute Gasteiger partial charge is 0.416 e. The van der Waals surface area contributed by atoms with Gasteiger partial charge in [-0.3, -0.25) is 0 Å². The van der Waals surface area contributed by atoms with Crippen molar-refractivity contribution in [1.82, 2.24) is 0 Å². The molecule has 4 heteroatoms. The highest BCUT2D eigenvalue weighted by Crippen LogP contribution is 2.33.